The molecule has 1 saturated heterocycles. The van der Waals surface area contributed by atoms with Gasteiger partial charge in [0.15, 0.2) is 17.1 Å². The third-order valence-electron chi connectivity index (χ3n) is 9.70. The van der Waals surface area contributed by atoms with Gasteiger partial charge in [-0.2, -0.15) is 0 Å². The summed E-state index contributed by atoms with van der Waals surface area (Å²) in [4.78, 5) is 58.7. The number of ketones is 2. The van der Waals surface area contributed by atoms with Crippen LogP contribution in [0.3, 0.4) is 0 Å². The third-order valence-corrected chi connectivity index (χ3v) is 9.70. The SMILES string of the molecule is CC(C)N1CCCC1C(=O)Nc1cc(N(C)C)c2c(c1O)C(=O)C1=C(O)[C@]3(O)C(=O)C(C(N)=O)=C(O)[C@@H](N(C)C)[C@@H]3C[C@@H]1C2. The molecule has 1 heterocycles. The summed E-state index contributed by atoms with van der Waals surface area (Å²) < 4.78 is 0. The van der Waals surface area contributed by atoms with Crippen LogP contribution in [0.4, 0.5) is 11.4 Å². The second-order valence-corrected chi connectivity index (χ2v) is 13.0. The number of carbonyl (C=O) groups is 4. The number of nitrogens with one attached hydrogen (secondary N) is 1. The lowest BCUT2D eigenvalue weighted by molar-refractivity contribution is -0.148. The van der Waals surface area contributed by atoms with E-state index in [1.54, 1.807) is 39.2 Å². The minimum atomic E-state index is -2.72. The van der Waals surface area contributed by atoms with Crippen LogP contribution in [0.15, 0.2) is 28.7 Å². The van der Waals surface area contributed by atoms with E-state index in [9.17, 15) is 39.6 Å². The summed E-state index contributed by atoms with van der Waals surface area (Å²) in [5.41, 5.74) is 2.49. The highest BCUT2D eigenvalue weighted by Crippen LogP contribution is 2.54. The number of phenolic OH excluding ortho intramolecular Hbond substituents is 1. The zero-order valence-electron chi connectivity index (χ0n) is 25.8. The van der Waals surface area contributed by atoms with Crippen molar-refractivity contribution in [1.82, 2.24) is 9.80 Å². The number of aliphatic hydroxyl groups is 3. The van der Waals surface area contributed by atoms with Crippen LogP contribution >= 0.6 is 0 Å². The van der Waals surface area contributed by atoms with Gasteiger partial charge in [0.2, 0.25) is 11.7 Å². The predicted molar refractivity (Wildman–Crippen MR) is 161 cm³/mol. The van der Waals surface area contributed by atoms with E-state index in [2.05, 4.69) is 10.2 Å². The molecule has 7 N–H and O–H groups in total. The van der Waals surface area contributed by atoms with Crippen LogP contribution in [-0.4, -0.2) is 112 Å². The fourth-order valence-electron chi connectivity index (χ4n) is 7.70. The Morgan fingerprint density at radius 3 is 2.36 bits per heavy atom. The first-order valence-corrected chi connectivity index (χ1v) is 14.8. The fraction of sp³-hybridized carbons (Fsp3) is 0.548. The molecule has 0 saturated carbocycles. The topological polar surface area (TPSA) is 197 Å². The standard InChI is InChI=1S/C31H41N5O8/c1-13(2)36-9-7-8-18(36)30(43)33-17-12-19(34(3)4)15-10-14-11-16-23(35(5)6)26(39)22(29(32)42)28(41)31(16,44)27(40)20(14)25(38)21(15)24(17)37/h12-14,16,18,23,37,39-40,44H,7-11H2,1-6H3,(H2,32,42)(H,33,43)/t14-,16-,18?,23-,31-/m0/s1. The summed E-state index contributed by atoms with van der Waals surface area (Å²) in [6.07, 6.45) is 1.64. The number of carbonyl (C=O) groups excluding carboxylic acids is 4. The predicted octanol–water partition coefficient (Wildman–Crippen LogP) is 0.998. The maximum absolute atomic E-state index is 14.2. The number of aliphatic hydroxyl groups excluding tert-OH is 2. The van der Waals surface area contributed by atoms with Crippen molar-refractivity contribution in [2.45, 2.75) is 63.3 Å². The van der Waals surface area contributed by atoms with Crippen molar-refractivity contribution in [2.75, 3.05) is 45.0 Å². The maximum Gasteiger partial charge on any atom is 0.255 e. The molecule has 0 aromatic heterocycles. The molecule has 0 radical (unpaired) electrons. The Bertz CT molecular complexity index is 1530. The van der Waals surface area contributed by atoms with Gasteiger partial charge in [-0.1, -0.05) is 0 Å². The first-order valence-electron chi connectivity index (χ1n) is 14.8. The van der Waals surface area contributed by atoms with Crippen LogP contribution in [-0.2, 0) is 20.8 Å². The first-order chi connectivity index (χ1) is 20.5. The van der Waals surface area contributed by atoms with Crippen molar-refractivity contribution in [2.24, 2.45) is 17.6 Å². The van der Waals surface area contributed by atoms with Crippen molar-refractivity contribution in [1.29, 1.82) is 0 Å². The molecule has 238 valence electrons. The number of nitrogens with zero attached hydrogens (tertiary/aromatic N) is 3. The maximum atomic E-state index is 14.2. The third kappa shape index (κ3) is 4.48. The number of primary amides is 1. The minimum absolute atomic E-state index is 0.00933. The zero-order chi connectivity index (χ0) is 32.6. The molecule has 2 amide bonds. The molecule has 44 heavy (non-hydrogen) atoms. The number of benzene rings is 1. The smallest absolute Gasteiger partial charge is 0.255 e. The molecule has 0 spiro atoms. The molecule has 0 bridgehead atoms. The Morgan fingerprint density at radius 2 is 1.80 bits per heavy atom. The van der Waals surface area contributed by atoms with Gasteiger partial charge in [0.1, 0.15) is 17.1 Å². The second-order valence-electron chi connectivity index (χ2n) is 13.0. The number of nitrogens with two attached hydrogens (primary N) is 1. The van der Waals surface area contributed by atoms with Crippen molar-refractivity contribution in [3.8, 4) is 5.75 Å². The van der Waals surface area contributed by atoms with Crippen LogP contribution in [0.1, 0.15) is 49.0 Å². The number of anilines is 2. The number of hydrogen-bond donors (Lipinski definition) is 6. The molecule has 13 heteroatoms. The Hall–Kier alpha value is -3.94. The molecule has 1 aromatic carbocycles. The van der Waals surface area contributed by atoms with Gasteiger partial charge in [-0.25, -0.2) is 0 Å². The van der Waals surface area contributed by atoms with E-state index in [1.807, 2.05) is 13.8 Å². The number of fused-ring (bicyclic) bond motifs is 3. The molecule has 4 aliphatic rings. The summed E-state index contributed by atoms with van der Waals surface area (Å²) in [7, 11) is 6.69. The van der Waals surface area contributed by atoms with Crippen LogP contribution in [0.5, 0.6) is 5.75 Å². The van der Waals surface area contributed by atoms with E-state index in [-0.39, 0.29) is 41.6 Å². The monoisotopic (exact) mass is 611 g/mol. The zero-order valence-corrected chi connectivity index (χ0v) is 25.8. The van der Waals surface area contributed by atoms with Gasteiger partial charge < -0.3 is 36.4 Å². The summed E-state index contributed by atoms with van der Waals surface area (Å²) >= 11 is 0. The van der Waals surface area contributed by atoms with Crippen LogP contribution in [0.25, 0.3) is 0 Å². The van der Waals surface area contributed by atoms with Crippen LogP contribution in [0.2, 0.25) is 0 Å². The van der Waals surface area contributed by atoms with E-state index < -0.39 is 69.8 Å². The van der Waals surface area contributed by atoms with Gasteiger partial charge in [0.05, 0.1) is 23.3 Å². The number of aromatic hydroxyl groups is 1. The quantitative estimate of drug-likeness (QED) is 0.198. The van der Waals surface area contributed by atoms with Crippen LogP contribution in [0, 0.1) is 11.8 Å². The summed E-state index contributed by atoms with van der Waals surface area (Å²) in [5, 5.41) is 48.6. The Balaban J connectivity index is 1.64. The number of phenols is 1. The van der Waals surface area contributed by atoms with Gasteiger partial charge in [0, 0.05) is 37.3 Å². The molecule has 1 fully saturated rings. The van der Waals surface area contributed by atoms with E-state index in [1.165, 1.54) is 4.90 Å². The lowest BCUT2D eigenvalue weighted by atomic mass is 9.58. The Kier molecular flexibility index (Phi) is 7.80. The fourth-order valence-corrected chi connectivity index (χ4v) is 7.70. The minimum Gasteiger partial charge on any atom is -0.510 e. The number of amides is 2. The Labute approximate surface area is 255 Å². The van der Waals surface area contributed by atoms with E-state index >= 15 is 0 Å². The van der Waals surface area contributed by atoms with Crippen molar-refractivity contribution in [3.63, 3.8) is 0 Å². The van der Waals surface area contributed by atoms with E-state index in [0.717, 1.165) is 13.0 Å². The molecule has 1 aliphatic heterocycles. The molecule has 5 rings (SSSR count). The normalized spacial score (nSPS) is 28.8. The molecule has 1 unspecified atom stereocenters. The Morgan fingerprint density at radius 1 is 1.14 bits per heavy atom. The first kappa shape index (κ1) is 31.5. The number of likely N-dealkylation sites (N-methyl/N-ethyl adjacent to an activating group) is 1. The highest BCUT2D eigenvalue weighted by Gasteiger charge is 2.63. The highest BCUT2D eigenvalue weighted by molar-refractivity contribution is 6.25. The molecule has 3 aliphatic carbocycles. The van der Waals surface area contributed by atoms with Crippen molar-refractivity contribution in [3.05, 3.63) is 39.9 Å². The van der Waals surface area contributed by atoms with Gasteiger partial charge >= 0.3 is 0 Å². The van der Waals surface area contributed by atoms with Gasteiger partial charge in [-0.3, -0.25) is 29.0 Å². The number of Topliss-reactive ketones (excluding diaryl/α,β-unsaturated/α-hetero) is 2. The van der Waals surface area contributed by atoms with Gasteiger partial charge in [-0.05, 0) is 77.7 Å². The molecular weight excluding hydrogens is 570 g/mol. The summed E-state index contributed by atoms with van der Waals surface area (Å²) in [6, 6.07) is 0.275. The lowest BCUT2D eigenvalue weighted by Crippen LogP contribution is -2.63. The average molecular weight is 612 g/mol. The van der Waals surface area contributed by atoms with Crippen molar-refractivity contribution >= 4 is 34.8 Å². The van der Waals surface area contributed by atoms with E-state index in [4.69, 9.17) is 5.73 Å². The molecule has 1 aromatic rings. The average Bonchev–Trinajstić information content (AvgIpc) is 3.42. The van der Waals surface area contributed by atoms with Crippen LogP contribution < -0.4 is 16.0 Å². The summed E-state index contributed by atoms with van der Waals surface area (Å²) in [6.45, 7) is 4.78. The summed E-state index contributed by atoms with van der Waals surface area (Å²) in [5.74, 6) is -7.55. The largest absolute Gasteiger partial charge is 0.510 e. The lowest BCUT2D eigenvalue weighted by Gasteiger charge is -2.50. The molecular formula is C31H41N5O8. The number of rotatable bonds is 6. The molecule has 13 nitrogen and oxygen atoms in total. The second kappa shape index (κ2) is 10.9. The van der Waals surface area contributed by atoms with Crippen molar-refractivity contribution < 1.29 is 39.6 Å². The van der Waals surface area contributed by atoms with Gasteiger partial charge in [0.25, 0.3) is 5.91 Å². The molecule has 5 atom stereocenters. The number of allylic oxidation sites excluding steroid dienone is 1. The van der Waals surface area contributed by atoms with E-state index in [0.29, 0.717) is 17.7 Å². The van der Waals surface area contributed by atoms with Gasteiger partial charge in [-0.15, -0.1) is 0 Å². The number of hydrogen-bond acceptors (Lipinski definition) is 11. The highest BCUT2D eigenvalue weighted by atomic mass is 16.3. The number of likely N-dealkylation sites (tertiary alicyclic amines) is 1.